The molecule has 1 aromatic rings. The van der Waals surface area contributed by atoms with Crippen LogP contribution >= 0.6 is 27.5 Å². The van der Waals surface area contributed by atoms with Crippen molar-refractivity contribution in [2.75, 3.05) is 13.2 Å². The molecule has 0 amide bonds. The lowest BCUT2D eigenvalue weighted by molar-refractivity contribution is 0.117. The fraction of sp³-hybridized carbons (Fsp3) is 0.600. The molecule has 0 aliphatic heterocycles. The number of aliphatic hydroxyl groups is 1. The summed E-state index contributed by atoms with van der Waals surface area (Å²) in [6, 6.07) is 6.63. The predicted molar refractivity (Wildman–Crippen MR) is 83.5 cm³/mol. The second-order valence-corrected chi connectivity index (χ2v) is 6.54. The average molecular weight is 347 g/mol. The van der Waals surface area contributed by atoms with Gasteiger partial charge < -0.3 is 5.11 Å². The zero-order chi connectivity index (χ0) is 13.7. The van der Waals surface area contributed by atoms with Gasteiger partial charge in [0.25, 0.3) is 0 Å². The Morgan fingerprint density at radius 2 is 2.00 bits per heavy atom. The van der Waals surface area contributed by atoms with Crippen molar-refractivity contribution in [2.24, 2.45) is 0 Å². The Morgan fingerprint density at radius 1 is 1.26 bits per heavy atom. The molecule has 1 saturated carbocycles. The maximum Gasteiger partial charge on any atom is 0.0558 e. The lowest BCUT2D eigenvalue weighted by Gasteiger charge is -2.34. The molecule has 0 saturated heterocycles. The molecular weight excluding hydrogens is 326 g/mol. The van der Waals surface area contributed by atoms with Crippen LogP contribution in [-0.4, -0.2) is 29.2 Å². The van der Waals surface area contributed by atoms with E-state index < -0.39 is 0 Å². The summed E-state index contributed by atoms with van der Waals surface area (Å²) in [5.74, 6) is 0. The van der Waals surface area contributed by atoms with Crippen LogP contribution in [0.2, 0.25) is 5.02 Å². The van der Waals surface area contributed by atoms with Crippen LogP contribution in [0.15, 0.2) is 22.7 Å². The SMILES string of the molecule is OCCN(Cc1ccc(Br)cc1Cl)C1CCCCC1. The normalized spacial score (nSPS) is 17.1. The highest BCUT2D eigenvalue weighted by atomic mass is 79.9. The third kappa shape index (κ3) is 4.45. The summed E-state index contributed by atoms with van der Waals surface area (Å²) in [6.45, 7) is 1.78. The van der Waals surface area contributed by atoms with Gasteiger partial charge in [-0.05, 0) is 30.5 Å². The van der Waals surface area contributed by atoms with Crippen LogP contribution in [-0.2, 0) is 6.54 Å². The number of nitrogens with zero attached hydrogens (tertiary/aromatic N) is 1. The zero-order valence-corrected chi connectivity index (χ0v) is 13.5. The van der Waals surface area contributed by atoms with Gasteiger partial charge >= 0.3 is 0 Å². The number of halogens is 2. The van der Waals surface area contributed by atoms with Crippen LogP contribution in [0.4, 0.5) is 0 Å². The largest absolute Gasteiger partial charge is 0.395 e. The maximum absolute atomic E-state index is 9.28. The Hall–Kier alpha value is -0.0900. The van der Waals surface area contributed by atoms with Crippen LogP contribution in [0.1, 0.15) is 37.7 Å². The van der Waals surface area contributed by atoms with Gasteiger partial charge in [-0.15, -0.1) is 0 Å². The molecule has 1 aromatic carbocycles. The van der Waals surface area contributed by atoms with Gasteiger partial charge in [0.1, 0.15) is 0 Å². The van der Waals surface area contributed by atoms with Crippen molar-refractivity contribution in [2.45, 2.75) is 44.7 Å². The molecule has 0 atom stereocenters. The van der Waals surface area contributed by atoms with Gasteiger partial charge in [0.2, 0.25) is 0 Å². The Balaban J connectivity index is 2.06. The molecular formula is C15H21BrClNO. The highest BCUT2D eigenvalue weighted by Crippen LogP contribution is 2.27. The molecule has 1 N–H and O–H groups in total. The van der Waals surface area contributed by atoms with Crippen molar-refractivity contribution in [3.05, 3.63) is 33.3 Å². The first-order valence-corrected chi connectivity index (χ1v) is 8.16. The minimum Gasteiger partial charge on any atom is -0.395 e. The molecule has 19 heavy (non-hydrogen) atoms. The van der Waals surface area contributed by atoms with Gasteiger partial charge in [-0.3, -0.25) is 4.90 Å². The van der Waals surface area contributed by atoms with Crippen LogP contribution in [0.25, 0.3) is 0 Å². The van der Waals surface area contributed by atoms with Gasteiger partial charge in [0.15, 0.2) is 0 Å². The third-order valence-corrected chi connectivity index (χ3v) is 4.71. The van der Waals surface area contributed by atoms with E-state index in [1.807, 2.05) is 12.1 Å². The van der Waals surface area contributed by atoms with Crippen molar-refractivity contribution in [1.29, 1.82) is 0 Å². The van der Waals surface area contributed by atoms with E-state index in [1.54, 1.807) is 0 Å². The smallest absolute Gasteiger partial charge is 0.0558 e. The van der Waals surface area contributed by atoms with Crippen LogP contribution in [0.5, 0.6) is 0 Å². The van der Waals surface area contributed by atoms with E-state index in [2.05, 4.69) is 26.9 Å². The molecule has 106 valence electrons. The van der Waals surface area contributed by atoms with Gasteiger partial charge in [-0.25, -0.2) is 0 Å². The highest BCUT2D eigenvalue weighted by molar-refractivity contribution is 9.10. The fourth-order valence-corrected chi connectivity index (χ4v) is 3.57. The van der Waals surface area contributed by atoms with Gasteiger partial charge in [-0.1, -0.05) is 52.9 Å². The second kappa shape index (κ2) is 7.63. The summed E-state index contributed by atoms with van der Waals surface area (Å²) in [5.41, 5.74) is 1.14. The first-order valence-electron chi connectivity index (χ1n) is 6.99. The average Bonchev–Trinajstić information content (AvgIpc) is 2.42. The van der Waals surface area contributed by atoms with E-state index >= 15 is 0 Å². The monoisotopic (exact) mass is 345 g/mol. The molecule has 2 rings (SSSR count). The highest BCUT2D eigenvalue weighted by Gasteiger charge is 2.21. The van der Waals surface area contributed by atoms with Gasteiger partial charge in [0, 0.05) is 28.6 Å². The van der Waals surface area contributed by atoms with E-state index in [0.29, 0.717) is 6.04 Å². The van der Waals surface area contributed by atoms with Gasteiger partial charge in [0.05, 0.1) is 6.61 Å². The molecule has 0 heterocycles. The molecule has 0 bridgehead atoms. The molecule has 0 aromatic heterocycles. The van der Waals surface area contributed by atoms with Crippen molar-refractivity contribution in [3.8, 4) is 0 Å². The number of aliphatic hydroxyl groups excluding tert-OH is 1. The maximum atomic E-state index is 9.28. The van der Waals surface area contributed by atoms with Crippen LogP contribution in [0.3, 0.4) is 0 Å². The van der Waals surface area contributed by atoms with Crippen molar-refractivity contribution in [1.82, 2.24) is 4.90 Å². The molecule has 0 spiro atoms. The predicted octanol–water partition coefficient (Wildman–Crippen LogP) is 4.23. The van der Waals surface area contributed by atoms with E-state index in [0.717, 1.165) is 28.1 Å². The third-order valence-electron chi connectivity index (χ3n) is 3.87. The van der Waals surface area contributed by atoms with Crippen LogP contribution in [0, 0.1) is 0 Å². The Morgan fingerprint density at radius 3 is 2.63 bits per heavy atom. The number of benzene rings is 1. The van der Waals surface area contributed by atoms with Gasteiger partial charge in [-0.2, -0.15) is 0 Å². The molecule has 1 aliphatic carbocycles. The van der Waals surface area contributed by atoms with E-state index in [4.69, 9.17) is 11.6 Å². The Kier molecular flexibility index (Phi) is 6.14. The van der Waals surface area contributed by atoms with E-state index in [1.165, 1.54) is 32.1 Å². The van der Waals surface area contributed by atoms with Crippen molar-refractivity contribution < 1.29 is 5.11 Å². The first-order chi connectivity index (χ1) is 9.20. The molecule has 2 nitrogen and oxygen atoms in total. The summed E-state index contributed by atoms with van der Waals surface area (Å²) in [5, 5.41) is 10.1. The lowest BCUT2D eigenvalue weighted by atomic mass is 9.94. The zero-order valence-electron chi connectivity index (χ0n) is 11.1. The number of rotatable bonds is 5. The Labute approximate surface area is 128 Å². The fourth-order valence-electron chi connectivity index (χ4n) is 2.83. The number of hydrogen-bond donors (Lipinski definition) is 1. The first kappa shape index (κ1) is 15.3. The molecule has 1 aliphatic rings. The summed E-state index contributed by atoms with van der Waals surface area (Å²) >= 11 is 9.73. The molecule has 1 fully saturated rings. The molecule has 0 unspecified atom stereocenters. The summed E-state index contributed by atoms with van der Waals surface area (Å²) < 4.78 is 1.01. The second-order valence-electron chi connectivity index (χ2n) is 5.22. The summed E-state index contributed by atoms with van der Waals surface area (Å²) in [7, 11) is 0. The van der Waals surface area contributed by atoms with E-state index in [-0.39, 0.29) is 6.61 Å². The summed E-state index contributed by atoms with van der Waals surface area (Å²) in [6.07, 6.45) is 6.45. The quantitative estimate of drug-likeness (QED) is 0.862. The van der Waals surface area contributed by atoms with E-state index in [9.17, 15) is 5.11 Å². The minimum atomic E-state index is 0.213. The van der Waals surface area contributed by atoms with Crippen LogP contribution < -0.4 is 0 Å². The molecule has 4 heteroatoms. The Bertz CT molecular complexity index is 407. The number of hydrogen-bond acceptors (Lipinski definition) is 2. The topological polar surface area (TPSA) is 23.5 Å². The standard InChI is InChI=1S/C15H21BrClNO/c16-13-7-6-12(15(17)10-13)11-18(8-9-19)14-4-2-1-3-5-14/h6-7,10,14,19H,1-5,8-9,11H2. The van der Waals surface area contributed by atoms with Crippen molar-refractivity contribution in [3.63, 3.8) is 0 Å². The molecule has 0 radical (unpaired) electrons. The lowest BCUT2D eigenvalue weighted by Crippen LogP contribution is -2.38. The van der Waals surface area contributed by atoms with Crippen molar-refractivity contribution >= 4 is 27.5 Å². The minimum absolute atomic E-state index is 0.213. The summed E-state index contributed by atoms with van der Waals surface area (Å²) in [4.78, 5) is 2.38.